The summed E-state index contributed by atoms with van der Waals surface area (Å²) in [5.74, 6) is 7.84. The van der Waals surface area contributed by atoms with Gasteiger partial charge in [0.1, 0.15) is 0 Å². The summed E-state index contributed by atoms with van der Waals surface area (Å²) in [7, 11) is 0. The number of nitrogens with one attached hydrogen (secondary N) is 1. The van der Waals surface area contributed by atoms with Gasteiger partial charge in [0.2, 0.25) is 0 Å². The standard InChI is InChI=1S/C16H26N2/c1-11(2)13-7-9-14(10-8-13)16(18-17)15-6-4-5-12(15)3/h7-12,15-16,18H,4-6,17H2,1-3H3. The molecule has 18 heavy (non-hydrogen) atoms. The molecule has 1 aliphatic carbocycles. The summed E-state index contributed by atoms with van der Waals surface area (Å²) in [5, 5.41) is 0. The molecule has 3 unspecified atom stereocenters. The molecule has 0 bridgehead atoms. The number of benzene rings is 1. The molecule has 1 fully saturated rings. The van der Waals surface area contributed by atoms with Crippen LogP contribution in [0.2, 0.25) is 0 Å². The lowest BCUT2D eigenvalue weighted by Gasteiger charge is -2.27. The maximum absolute atomic E-state index is 5.79. The molecular weight excluding hydrogens is 220 g/mol. The van der Waals surface area contributed by atoms with Crippen LogP contribution in [0.4, 0.5) is 0 Å². The highest BCUT2D eigenvalue weighted by atomic mass is 15.2. The van der Waals surface area contributed by atoms with Crippen LogP contribution in [0.15, 0.2) is 24.3 Å². The van der Waals surface area contributed by atoms with Gasteiger partial charge in [-0.05, 0) is 35.3 Å². The average Bonchev–Trinajstić information content (AvgIpc) is 2.78. The van der Waals surface area contributed by atoms with Crippen molar-refractivity contribution in [3.8, 4) is 0 Å². The molecule has 2 heteroatoms. The van der Waals surface area contributed by atoms with Crippen LogP contribution in [0.5, 0.6) is 0 Å². The summed E-state index contributed by atoms with van der Waals surface area (Å²) in [6, 6.07) is 9.27. The summed E-state index contributed by atoms with van der Waals surface area (Å²) in [4.78, 5) is 0. The van der Waals surface area contributed by atoms with Crippen LogP contribution >= 0.6 is 0 Å². The Labute approximate surface area is 111 Å². The Balaban J connectivity index is 2.17. The van der Waals surface area contributed by atoms with Crippen molar-refractivity contribution >= 4 is 0 Å². The highest BCUT2D eigenvalue weighted by molar-refractivity contribution is 5.27. The zero-order valence-electron chi connectivity index (χ0n) is 11.8. The summed E-state index contributed by atoms with van der Waals surface area (Å²) >= 11 is 0. The highest BCUT2D eigenvalue weighted by Gasteiger charge is 2.31. The Bertz CT molecular complexity index is 369. The van der Waals surface area contributed by atoms with Crippen LogP contribution < -0.4 is 11.3 Å². The molecule has 0 aromatic heterocycles. The Morgan fingerprint density at radius 3 is 2.17 bits per heavy atom. The van der Waals surface area contributed by atoms with E-state index in [0.29, 0.717) is 17.9 Å². The molecule has 0 heterocycles. The molecule has 2 rings (SSSR count). The fourth-order valence-electron chi connectivity index (χ4n) is 3.22. The molecular formula is C16H26N2. The minimum atomic E-state index is 0.309. The van der Waals surface area contributed by atoms with Gasteiger partial charge in [-0.2, -0.15) is 0 Å². The predicted octanol–water partition coefficient (Wildman–Crippen LogP) is 3.75. The topological polar surface area (TPSA) is 38.0 Å². The second kappa shape index (κ2) is 5.85. The number of hydrogen-bond donors (Lipinski definition) is 2. The van der Waals surface area contributed by atoms with E-state index in [-0.39, 0.29) is 0 Å². The number of hydrogen-bond acceptors (Lipinski definition) is 2. The van der Waals surface area contributed by atoms with E-state index in [4.69, 9.17) is 5.84 Å². The lowest BCUT2D eigenvalue weighted by atomic mass is 9.85. The van der Waals surface area contributed by atoms with Crippen molar-refractivity contribution in [2.75, 3.05) is 0 Å². The van der Waals surface area contributed by atoms with Gasteiger partial charge in [0.05, 0.1) is 0 Å². The molecule has 0 aliphatic heterocycles. The van der Waals surface area contributed by atoms with Crippen LogP contribution in [-0.2, 0) is 0 Å². The highest BCUT2D eigenvalue weighted by Crippen LogP contribution is 2.39. The minimum absolute atomic E-state index is 0.309. The van der Waals surface area contributed by atoms with Gasteiger partial charge >= 0.3 is 0 Å². The monoisotopic (exact) mass is 246 g/mol. The van der Waals surface area contributed by atoms with Gasteiger partial charge in [-0.3, -0.25) is 11.3 Å². The van der Waals surface area contributed by atoms with E-state index in [1.54, 1.807) is 0 Å². The van der Waals surface area contributed by atoms with Crippen LogP contribution in [0.3, 0.4) is 0 Å². The molecule has 1 saturated carbocycles. The first-order valence-electron chi connectivity index (χ1n) is 7.19. The number of nitrogens with two attached hydrogens (primary N) is 1. The van der Waals surface area contributed by atoms with E-state index in [1.807, 2.05) is 0 Å². The lowest BCUT2D eigenvalue weighted by molar-refractivity contribution is 0.304. The van der Waals surface area contributed by atoms with E-state index >= 15 is 0 Å². The van der Waals surface area contributed by atoms with Gasteiger partial charge in [0, 0.05) is 6.04 Å². The van der Waals surface area contributed by atoms with Crippen LogP contribution in [0.1, 0.15) is 63.1 Å². The third kappa shape index (κ3) is 2.76. The first kappa shape index (κ1) is 13.6. The second-order valence-corrected chi connectivity index (χ2v) is 6.04. The van der Waals surface area contributed by atoms with Crippen molar-refractivity contribution in [1.29, 1.82) is 0 Å². The van der Waals surface area contributed by atoms with Gasteiger partial charge < -0.3 is 0 Å². The first-order valence-corrected chi connectivity index (χ1v) is 7.19. The van der Waals surface area contributed by atoms with E-state index in [0.717, 1.165) is 5.92 Å². The van der Waals surface area contributed by atoms with E-state index < -0.39 is 0 Å². The van der Waals surface area contributed by atoms with Crippen molar-refractivity contribution in [2.24, 2.45) is 17.7 Å². The Morgan fingerprint density at radius 2 is 1.72 bits per heavy atom. The van der Waals surface area contributed by atoms with Gasteiger partial charge in [-0.25, -0.2) is 0 Å². The molecule has 0 spiro atoms. The zero-order chi connectivity index (χ0) is 13.1. The van der Waals surface area contributed by atoms with Crippen molar-refractivity contribution in [2.45, 2.75) is 52.0 Å². The fraction of sp³-hybridized carbons (Fsp3) is 0.625. The molecule has 1 aromatic rings. The molecule has 0 radical (unpaired) electrons. The minimum Gasteiger partial charge on any atom is -0.271 e. The van der Waals surface area contributed by atoms with Crippen molar-refractivity contribution in [3.05, 3.63) is 35.4 Å². The second-order valence-electron chi connectivity index (χ2n) is 6.04. The van der Waals surface area contributed by atoms with E-state index in [2.05, 4.69) is 50.5 Å². The third-order valence-corrected chi connectivity index (χ3v) is 4.50. The zero-order valence-corrected chi connectivity index (χ0v) is 11.8. The molecule has 1 aliphatic rings. The third-order valence-electron chi connectivity index (χ3n) is 4.50. The Morgan fingerprint density at radius 1 is 1.11 bits per heavy atom. The normalized spacial score (nSPS) is 25.6. The van der Waals surface area contributed by atoms with Gasteiger partial charge in [0.25, 0.3) is 0 Å². The Hall–Kier alpha value is -0.860. The molecule has 0 amide bonds. The van der Waals surface area contributed by atoms with Gasteiger partial charge in [0.15, 0.2) is 0 Å². The van der Waals surface area contributed by atoms with Crippen LogP contribution in [-0.4, -0.2) is 0 Å². The van der Waals surface area contributed by atoms with E-state index in [1.165, 1.54) is 30.4 Å². The predicted molar refractivity (Wildman–Crippen MR) is 77.1 cm³/mol. The van der Waals surface area contributed by atoms with Crippen LogP contribution in [0.25, 0.3) is 0 Å². The molecule has 100 valence electrons. The average molecular weight is 246 g/mol. The first-order chi connectivity index (χ1) is 8.63. The quantitative estimate of drug-likeness (QED) is 0.627. The maximum Gasteiger partial charge on any atom is 0.0490 e. The lowest BCUT2D eigenvalue weighted by Crippen LogP contribution is -2.34. The van der Waals surface area contributed by atoms with Crippen molar-refractivity contribution in [3.63, 3.8) is 0 Å². The SMILES string of the molecule is CC(C)c1ccc(C(NN)C2CCCC2C)cc1. The number of hydrazine groups is 1. The molecule has 0 saturated heterocycles. The largest absolute Gasteiger partial charge is 0.271 e. The molecule has 1 aromatic carbocycles. The molecule has 2 nitrogen and oxygen atoms in total. The van der Waals surface area contributed by atoms with Crippen molar-refractivity contribution < 1.29 is 0 Å². The van der Waals surface area contributed by atoms with Crippen LogP contribution in [0, 0.1) is 11.8 Å². The summed E-state index contributed by atoms with van der Waals surface area (Å²) in [6.07, 6.45) is 3.98. The van der Waals surface area contributed by atoms with Gasteiger partial charge in [-0.1, -0.05) is 57.9 Å². The fourth-order valence-corrected chi connectivity index (χ4v) is 3.22. The number of rotatable bonds is 4. The smallest absolute Gasteiger partial charge is 0.0490 e. The van der Waals surface area contributed by atoms with E-state index in [9.17, 15) is 0 Å². The summed E-state index contributed by atoms with van der Waals surface area (Å²) < 4.78 is 0. The van der Waals surface area contributed by atoms with Gasteiger partial charge in [-0.15, -0.1) is 0 Å². The summed E-state index contributed by atoms with van der Waals surface area (Å²) in [6.45, 7) is 6.81. The van der Waals surface area contributed by atoms with Crippen molar-refractivity contribution in [1.82, 2.24) is 5.43 Å². The maximum atomic E-state index is 5.79. The molecule has 3 N–H and O–H groups in total. The summed E-state index contributed by atoms with van der Waals surface area (Å²) in [5.41, 5.74) is 5.77. The Kier molecular flexibility index (Phi) is 4.41. The molecule has 3 atom stereocenters.